The molecule has 0 radical (unpaired) electrons. The van der Waals surface area contributed by atoms with E-state index >= 15 is 0 Å². The van der Waals surface area contributed by atoms with Gasteiger partial charge >= 0.3 is 0 Å². The maximum atomic E-state index is 12.5. The first kappa shape index (κ1) is 15.9. The highest BCUT2D eigenvalue weighted by molar-refractivity contribution is 7.89. The Labute approximate surface area is 131 Å². The van der Waals surface area contributed by atoms with Crippen LogP contribution in [-0.2, 0) is 14.8 Å². The van der Waals surface area contributed by atoms with Crippen molar-refractivity contribution in [2.45, 2.75) is 49.1 Å². The third kappa shape index (κ3) is 3.34. The second kappa shape index (κ2) is 6.66. The molecule has 2 atom stereocenters. The number of rotatable bonds is 5. The normalized spacial score (nSPS) is 27.3. The van der Waals surface area contributed by atoms with Crippen molar-refractivity contribution in [3.63, 3.8) is 0 Å². The molecule has 1 saturated carbocycles. The molecule has 1 aromatic heterocycles. The SMILES string of the molecule is NC[C@H]1CCC[C@@H]1NS(=O)(=O)c1cnn(C2CCOCC2)c1. The van der Waals surface area contributed by atoms with Gasteiger partial charge in [0, 0.05) is 25.5 Å². The number of hydrogen-bond acceptors (Lipinski definition) is 5. The van der Waals surface area contributed by atoms with Gasteiger partial charge in [0.2, 0.25) is 10.0 Å². The van der Waals surface area contributed by atoms with Crippen molar-refractivity contribution in [2.75, 3.05) is 19.8 Å². The summed E-state index contributed by atoms with van der Waals surface area (Å²) in [4.78, 5) is 0.238. The molecule has 1 aliphatic carbocycles. The average Bonchev–Trinajstić information content (AvgIpc) is 3.17. The van der Waals surface area contributed by atoms with Crippen LogP contribution in [0.2, 0.25) is 0 Å². The third-order valence-corrected chi connectivity index (χ3v) is 6.17. The van der Waals surface area contributed by atoms with Gasteiger partial charge < -0.3 is 10.5 Å². The summed E-state index contributed by atoms with van der Waals surface area (Å²) in [7, 11) is -3.52. The molecule has 124 valence electrons. The quantitative estimate of drug-likeness (QED) is 0.826. The number of hydrogen-bond donors (Lipinski definition) is 2. The smallest absolute Gasteiger partial charge is 0.243 e. The number of nitrogens with one attached hydrogen (secondary N) is 1. The fourth-order valence-electron chi connectivity index (χ4n) is 3.35. The molecule has 1 aliphatic heterocycles. The van der Waals surface area contributed by atoms with E-state index in [0.717, 1.165) is 32.1 Å². The molecule has 7 nitrogen and oxygen atoms in total. The summed E-state index contributed by atoms with van der Waals surface area (Å²) in [5.74, 6) is 0.236. The van der Waals surface area contributed by atoms with Crippen LogP contribution in [0.3, 0.4) is 0 Å². The number of nitrogens with two attached hydrogens (primary N) is 1. The first-order valence-corrected chi connectivity index (χ1v) is 9.43. The highest BCUT2D eigenvalue weighted by Gasteiger charge is 2.31. The second-order valence-corrected chi connectivity index (χ2v) is 7.87. The van der Waals surface area contributed by atoms with Crippen LogP contribution in [0.1, 0.15) is 38.1 Å². The minimum absolute atomic E-state index is 0.0542. The first-order valence-electron chi connectivity index (χ1n) is 7.94. The van der Waals surface area contributed by atoms with Crippen LogP contribution in [0, 0.1) is 5.92 Å². The van der Waals surface area contributed by atoms with E-state index in [9.17, 15) is 8.42 Å². The Morgan fingerprint density at radius 1 is 1.32 bits per heavy atom. The van der Waals surface area contributed by atoms with E-state index in [-0.39, 0.29) is 22.9 Å². The zero-order valence-corrected chi connectivity index (χ0v) is 13.5. The van der Waals surface area contributed by atoms with E-state index in [2.05, 4.69) is 9.82 Å². The molecule has 3 N–H and O–H groups in total. The molecule has 0 amide bonds. The zero-order chi connectivity index (χ0) is 15.6. The first-order chi connectivity index (χ1) is 10.6. The Morgan fingerprint density at radius 3 is 2.82 bits per heavy atom. The van der Waals surface area contributed by atoms with Gasteiger partial charge in [-0.25, -0.2) is 13.1 Å². The molecule has 1 aromatic rings. The zero-order valence-electron chi connectivity index (χ0n) is 12.6. The Morgan fingerprint density at radius 2 is 2.09 bits per heavy atom. The van der Waals surface area contributed by atoms with Crippen molar-refractivity contribution in [1.82, 2.24) is 14.5 Å². The van der Waals surface area contributed by atoms with Gasteiger partial charge in [-0.3, -0.25) is 4.68 Å². The van der Waals surface area contributed by atoms with Crippen LogP contribution in [0.15, 0.2) is 17.3 Å². The van der Waals surface area contributed by atoms with Crippen molar-refractivity contribution < 1.29 is 13.2 Å². The number of aromatic nitrogens is 2. The summed E-state index contributed by atoms with van der Waals surface area (Å²) in [5, 5.41) is 4.24. The Kier molecular flexibility index (Phi) is 4.82. The van der Waals surface area contributed by atoms with Crippen LogP contribution < -0.4 is 10.5 Å². The standard InChI is InChI=1S/C14H24N4O3S/c15-8-11-2-1-3-14(11)17-22(19,20)13-9-16-18(10-13)12-4-6-21-7-5-12/h9-12,14,17H,1-8,15H2/t11-,14+/m1/s1. The number of nitrogens with zero attached hydrogens (tertiary/aromatic N) is 2. The predicted molar refractivity (Wildman–Crippen MR) is 81.8 cm³/mol. The minimum Gasteiger partial charge on any atom is -0.381 e. The largest absolute Gasteiger partial charge is 0.381 e. The van der Waals surface area contributed by atoms with Crippen molar-refractivity contribution >= 4 is 10.0 Å². The van der Waals surface area contributed by atoms with Gasteiger partial charge in [0.05, 0.1) is 12.2 Å². The third-order valence-electron chi connectivity index (χ3n) is 4.72. The fourth-order valence-corrected chi connectivity index (χ4v) is 4.63. The average molecular weight is 328 g/mol. The van der Waals surface area contributed by atoms with Crippen molar-refractivity contribution in [3.8, 4) is 0 Å². The Bertz CT molecular complexity index is 595. The van der Waals surface area contributed by atoms with Gasteiger partial charge in [-0.1, -0.05) is 6.42 Å². The maximum absolute atomic E-state index is 12.5. The molecule has 2 fully saturated rings. The summed E-state index contributed by atoms with van der Waals surface area (Å²) in [6, 6.07) is 0.169. The van der Waals surface area contributed by atoms with E-state index in [1.165, 1.54) is 6.20 Å². The van der Waals surface area contributed by atoms with E-state index in [0.29, 0.717) is 19.8 Å². The van der Waals surface area contributed by atoms with E-state index in [4.69, 9.17) is 10.5 Å². The fraction of sp³-hybridized carbons (Fsp3) is 0.786. The summed E-state index contributed by atoms with van der Waals surface area (Å²) in [5.41, 5.74) is 5.72. The second-order valence-electron chi connectivity index (χ2n) is 6.15. The highest BCUT2D eigenvalue weighted by Crippen LogP contribution is 2.27. The lowest BCUT2D eigenvalue weighted by Crippen LogP contribution is -2.39. The van der Waals surface area contributed by atoms with Gasteiger partial charge in [0.15, 0.2) is 0 Å². The van der Waals surface area contributed by atoms with E-state index in [1.807, 2.05) is 0 Å². The molecule has 1 saturated heterocycles. The Hall–Kier alpha value is -0.960. The lowest BCUT2D eigenvalue weighted by atomic mass is 10.1. The molecular formula is C14H24N4O3S. The number of ether oxygens (including phenoxy) is 1. The molecule has 0 spiro atoms. The molecule has 8 heteroatoms. The van der Waals surface area contributed by atoms with Gasteiger partial charge in [-0.05, 0) is 38.1 Å². The molecule has 3 rings (SSSR count). The molecular weight excluding hydrogens is 304 g/mol. The molecule has 2 aliphatic rings. The molecule has 2 heterocycles. The van der Waals surface area contributed by atoms with Gasteiger partial charge in [-0.15, -0.1) is 0 Å². The predicted octanol–water partition coefficient (Wildman–Crippen LogP) is 0.640. The van der Waals surface area contributed by atoms with Crippen molar-refractivity contribution in [1.29, 1.82) is 0 Å². The highest BCUT2D eigenvalue weighted by atomic mass is 32.2. The number of sulfonamides is 1. The van der Waals surface area contributed by atoms with Crippen molar-refractivity contribution in [2.24, 2.45) is 11.7 Å². The van der Waals surface area contributed by atoms with Crippen LogP contribution >= 0.6 is 0 Å². The topological polar surface area (TPSA) is 99.2 Å². The Balaban J connectivity index is 1.71. The molecule has 0 aromatic carbocycles. The van der Waals surface area contributed by atoms with Gasteiger partial charge in [-0.2, -0.15) is 5.10 Å². The van der Waals surface area contributed by atoms with Gasteiger partial charge in [0.1, 0.15) is 4.90 Å². The van der Waals surface area contributed by atoms with E-state index in [1.54, 1.807) is 10.9 Å². The summed E-state index contributed by atoms with van der Waals surface area (Å²) in [6.45, 7) is 1.92. The lowest BCUT2D eigenvalue weighted by Gasteiger charge is -2.22. The molecule has 0 unspecified atom stereocenters. The van der Waals surface area contributed by atoms with Crippen LogP contribution in [0.25, 0.3) is 0 Å². The lowest BCUT2D eigenvalue weighted by molar-refractivity contribution is 0.0662. The van der Waals surface area contributed by atoms with Crippen LogP contribution in [0.4, 0.5) is 0 Å². The van der Waals surface area contributed by atoms with E-state index < -0.39 is 10.0 Å². The summed E-state index contributed by atoms with van der Waals surface area (Å²) >= 11 is 0. The van der Waals surface area contributed by atoms with Gasteiger partial charge in [0.25, 0.3) is 0 Å². The monoisotopic (exact) mass is 328 g/mol. The molecule has 0 bridgehead atoms. The maximum Gasteiger partial charge on any atom is 0.243 e. The molecule has 22 heavy (non-hydrogen) atoms. The summed E-state index contributed by atoms with van der Waals surface area (Å²) in [6.07, 6.45) is 7.67. The van der Waals surface area contributed by atoms with Crippen LogP contribution in [-0.4, -0.2) is 44.0 Å². The van der Waals surface area contributed by atoms with Crippen LogP contribution in [0.5, 0.6) is 0 Å². The minimum atomic E-state index is -3.52. The van der Waals surface area contributed by atoms with Crippen molar-refractivity contribution in [3.05, 3.63) is 12.4 Å². The summed E-state index contributed by atoms with van der Waals surface area (Å²) < 4.78 is 34.9.